The Morgan fingerprint density at radius 1 is 0.812 bits per heavy atom. The molecular formula is C25H50NO6+. The summed E-state index contributed by atoms with van der Waals surface area (Å²) in [4.78, 5) is 23.1. The van der Waals surface area contributed by atoms with Crippen molar-refractivity contribution in [2.24, 2.45) is 0 Å². The predicted octanol–water partition coefficient (Wildman–Crippen LogP) is 4.55. The maximum Gasteiger partial charge on any atom is 0.362 e. The van der Waals surface area contributed by atoms with Crippen LogP contribution in [0.4, 0.5) is 0 Å². The van der Waals surface area contributed by atoms with Gasteiger partial charge in [0.2, 0.25) is 0 Å². The fraction of sp³-hybridized carbons (Fsp3) is 0.920. The summed E-state index contributed by atoms with van der Waals surface area (Å²) in [5, 5.41) is 19.2. The highest BCUT2D eigenvalue weighted by Gasteiger charge is 2.30. The first-order chi connectivity index (χ1) is 15.2. The Bertz CT molecular complexity index is 478. The van der Waals surface area contributed by atoms with E-state index < -0.39 is 18.1 Å². The van der Waals surface area contributed by atoms with Crippen molar-refractivity contribution in [3.8, 4) is 0 Å². The summed E-state index contributed by atoms with van der Waals surface area (Å²) in [7, 11) is 5.47. The van der Waals surface area contributed by atoms with Gasteiger partial charge in [0.15, 0.2) is 6.04 Å². The molecule has 0 saturated carbocycles. The minimum Gasteiger partial charge on any atom is -0.477 e. The van der Waals surface area contributed by atoms with Gasteiger partial charge >= 0.3 is 11.9 Å². The number of hydrogen-bond donors (Lipinski definition) is 2. The first kappa shape index (κ1) is 30.8. The molecule has 0 bridgehead atoms. The molecule has 0 aliphatic rings. The summed E-state index contributed by atoms with van der Waals surface area (Å²) in [6.07, 6.45) is 14.8. The number of carbonyl (C=O) groups excluding carboxylic acids is 1. The second-order valence-corrected chi connectivity index (χ2v) is 9.81. The van der Waals surface area contributed by atoms with E-state index in [2.05, 4.69) is 6.92 Å². The summed E-state index contributed by atoms with van der Waals surface area (Å²) < 4.78 is 10.8. The summed E-state index contributed by atoms with van der Waals surface area (Å²) >= 11 is 0. The van der Waals surface area contributed by atoms with Crippen LogP contribution in [-0.2, 0) is 19.1 Å². The normalized spacial score (nSPS) is 13.7. The van der Waals surface area contributed by atoms with E-state index in [1.165, 1.54) is 57.8 Å². The smallest absolute Gasteiger partial charge is 0.362 e. The van der Waals surface area contributed by atoms with Crippen molar-refractivity contribution in [1.29, 1.82) is 0 Å². The largest absolute Gasteiger partial charge is 0.477 e. The number of esters is 1. The van der Waals surface area contributed by atoms with E-state index in [0.29, 0.717) is 17.3 Å². The molecule has 2 atom stereocenters. The lowest BCUT2D eigenvalue weighted by Crippen LogP contribution is -2.50. The topological polar surface area (TPSA) is 93.1 Å². The lowest BCUT2D eigenvalue weighted by molar-refractivity contribution is -0.887. The highest BCUT2D eigenvalue weighted by atomic mass is 16.5. The number of ether oxygens (including phenoxy) is 2. The number of aliphatic hydroxyl groups excluding tert-OH is 1. The van der Waals surface area contributed by atoms with Gasteiger partial charge in [-0.1, -0.05) is 77.6 Å². The molecule has 2 N–H and O–H groups in total. The van der Waals surface area contributed by atoms with E-state index in [9.17, 15) is 19.8 Å². The van der Waals surface area contributed by atoms with Gasteiger partial charge in [-0.2, -0.15) is 0 Å². The zero-order valence-electron chi connectivity index (χ0n) is 21.2. The number of carboxylic acids is 1. The third kappa shape index (κ3) is 18.4. The Morgan fingerprint density at radius 3 is 1.78 bits per heavy atom. The maximum atomic E-state index is 11.8. The SMILES string of the molecule is CCCCCCCCCCCCCCC(=O)OCC(O)COCCC(C(=O)O)[N+](C)(C)C. The van der Waals surface area contributed by atoms with Gasteiger partial charge in [-0.3, -0.25) is 4.79 Å². The van der Waals surface area contributed by atoms with Crippen molar-refractivity contribution >= 4 is 11.9 Å². The Morgan fingerprint density at radius 2 is 1.31 bits per heavy atom. The number of unbranched alkanes of at least 4 members (excludes halogenated alkanes) is 11. The Kier molecular flexibility index (Phi) is 18.6. The summed E-state index contributed by atoms with van der Waals surface area (Å²) in [6.45, 7) is 2.41. The number of likely N-dealkylation sites (N-methyl/N-ethyl adjacent to an activating group) is 1. The van der Waals surface area contributed by atoms with E-state index in [0.717, 1.165) is 19.3 Å². The number of quaternary nitrogens is 1. The fourth-order valence-corrected chi connectivity index (χ4v) is 3.68. The number of hydrogen-bond acceptors (Lipinski definition) is 5. The molecule has 7 heteroatoms. The van der Waals surface area contributed by atoms with Gasteiger partial charge in [0.25, 0.3) is 0 Å². The molecule has 0 aromatic rings. The summed E-state index contributed by atoms with van der Waals surface area (Å²) in [6, 6.07) is -0.569. The zero-order chi connectivity index (χ0) is 24.2. The highest BCUT2D eigenvalue weighted by molar-refractivity contribution is 5.72. The van der Waals surface area contributed by atoms with Gasteiger partial charge < -0.3 is 24.2 Å². The monoisotopic (exact) mass is 460 g/mol. The summed E-state index contributed by atoms with van der Waals surface area (Å²) in [5.41, 5.74) is 0. The lowest BCUT2D eigenvalue weighted by Gasteiger charge is -2.31. The van der Waals surface area contributed by atoms with Crippen molar-refractivity contribution in [2.75, 3.05) is 41.0 Å². The zero-order valence-corrected chi connectivity index (χ0v) is 21.2. The van der Waals surface area contributed by atoms with Gasteiger partial charge in [0.1, 0.15) is 12.7 Å². The molecule has 0 aromatic heterocycles. The van der Waals surface area contributed by atoms with E-state index in [-0.39, 0.29) is 25.8 Å². The van der Waals surface area contributed by atoms with Crippen LogP contribution in [0.15, 0.2) is 0 Å². The Balaban J connectivity index is 3.57. The van der Waals surface area contributed by atoms with E-state index in [1.54, 1.807) is 0 Å². The van der Waals surface area contributed by atoms with Crippen molar-refractivity contribution in [1.82, 2.24) is 0 Å². The minimum absolute atomic E-state index is 0.0232. The number of rotatable bonds is 22. The first-order valence-electron chi connectivity index (χ1n) is 12.6. The van der Waals surface area contributed by atoms with Crippen LogP contribution in [0.1, 0.15) is 96.8 Å². The van der Waals surface area contributed by atoms with Gasteiger partial charge in [-0.15, -0.1) is 0 Å². The molecule has 190 valence electrons. The molecule has 0 radical (unpaired) electrons. The molecule has 32 heavy (non-hydrogen) atoms. The molecule has 7 nitrogen and oxygen atoms in total. The van der Waals surface area contributed by atoms with Gasteiger partial charge in [-0.05, 0) is 6.42 Å². The average molecular weight is 461 g/mol. The molecule has 0 saturated heterocycles. The van der Waals surface area contributed by atoms with Crippen LogP contribution in [-0.4, -0.2) is 79.7 Å². The first-order valence-corrected chi connectivity index (χ1v) is 12.6. The molecule has 0 aromatic carbocycles. The molecule has 0 spiro atoms. The molecule has 0 aliphatic heterocycles. The van der Waals surface area contributed by atoms with Crippen LogP contribution in [0.25, 0.3) is 0 Å². The predicted molar refractivity (Wildman–Crippen MR) is 128 cm³/mol. The van der Waals surface area contributed by atoms with E-state index >= 15 is 0 Å². The van der Waals surface area contributed by atoms with Crippen LogP contribution in [0.2, 0.25) is 0 Å². The third-order valence-corrected chi connectivity index (χ3v) is 5.74. The van der Waals surface area contributed by atoms with E-state index in [1.807, 2.05) is 21.1 Å². The standard InChI is InChI=1S/C25H49NO6/c1-5-6-7-8-9-10-11-12-13-14-15-16-17-24(28)32-21-22(27)20-31-19-18-23(25(29)30)26(2,3)4/h22-23,27H,5-21H2,1-4H3/p+1. The molecule has 0 rings (SSSR count). The number of nitrogens with zero attached hydrogens (tertiary/aromatic N) is 1. The lowest BCUT2D eigenvalue weighted by atomic mass is 10.0. The van der Waals surface area contributed by atoms with Crippen LogP contribution < -0.4 is 0 Å². The Hall–Kier alpha value is -1.18. The molecule has 0 heterocycles. The number of aliphatic hydroxyl groups is 1. The fourth-order valence-electron chi connectivity index (χ4n) is 3.68. The second-order valence-electron chi connectivity index (χ2n) is 9.81. The highest BCUT2D eigenvalue weighted by Crippen LogP contribution is 2.13. The molecular weight excluding hydrogens is 410 g/mol. The minimum atomic E-state index is -0.895. The second kappa shape index (κ2) is 19.3. The number of carboxylic acid groups (broad SMARTS) is 1. The molecule has 2 unspecified atom stereocenters. The molecule has 0 aliphatic carbocycles. The number of aliphatic carboxylic acids is 1. The quantitative estimate of drug-likeness (QED) is 0.140. The van der Waals surface area contributed by atoms with E-state index in [4.69, 9.17) is 9.47 Å². The van der Waals surface area contributed by atoms with Crippen LogP contribution >= 0.6 is 0 Å². The summed E-state index contributed by atoms with van der Waals surface area (Å²) in [5.74, 6) is -1.15. The van der Waals surface area contributed by atoms with Crippen molar-refractivity contribution in [2.45, 2.75) is 109 Å². The third-order valence-electron chi connectivity index (χ3n) is 5.74. The molecule has 0 amide bonds. The van der Waals surface area contributed by atoms with Gasteiger partial charge in [0, 0.05) is 12.8 Å². The van der Waals surface area contributed by atoms with Crippen LogP contribution in [0, 0.1) is 0 Å². The molecule has 0 fully saturated rings. The van der Waals surface area contributed by atoms with Gasteiger partial charge in [-0.25, -0.2) is 4.79 Å². The van der Waals surface area contributed by atoms with Gasteiger partial charge in [0.05, 0.1) is 34.4 Å². The Labute approximate surface area is 196 Å². The van der Waals surface area contributed by atoms with Crippen molar-refractivity contribution in [3.05, 3.63) is 0 Å². The van der Waals surface area contributed by atoms with Crippen LogP contribution in [0.5, 0.6) is 0 Å². The maximum absolute atomic E-state index is 11.8. The average Bonchev–Trinajstić information content (AvgIpc) is 2.71. The van der Waals surface area contributed by atoms with Crippen molar-refractivity contribution < 1.29 is 33.8 Å². The van der Waals surface area contributed by atoms with Crippen LogP contribution in [0.3, 0.4) is 0 Å². The van der Waals surface area contributed by atoms with Crippen molar-refractivity contribution in [3.63, 3.8) is 0 Å². The number of carbonyl (C=O) groups is 2.